The van der Waals surface area contributed by atoms with Crippen molar-refractivity contribution >= 4 is 12.0 Å². The topological polar surface area (TPSA) is 39.4 Å². The van der Waals surface area contributed by atoms with Crippen molar-refractivity contribution in [2.24, 2.45) is 4.99 Å². The lowest BCUT2D eigenvalue weighted by Gasteiger charge is -2.10. The van der Waals surface area contributed by atoms with Gasteiger partial charge in [0.05, 0.1) is 12.8 Å². The van der Waals surface area contributed by atoms with Crippen molar-refractivity contribution in [3.8, 4) is 22.7 Å². The van der Waals surface area contributed by atoms with E-state index in [0.29, 0.717) is 5.82 Å². The minimum absolute atomic E-state index is 0.681. The Hall–Kier alpha value is -3.66. The van der Waals surface area contributed by atoms with Crippen molar-refractivity contribution in [1.82, 2.24) is 9.55 Å². The van der Waals surface area contributed by atoms with Crippen molar-refractivity contribution in [3.63, 3.8) is 0 Å². The molecule has 0 spiro atoms. The van der Waals surface area contributed by atoms with E-state index in [-0.39, 0.29) is 0 Å². The number of imidazole rings is 1. The molecule has 4 rings (SSSR count). The fourth-order valence-corrected chi connectivity index (χ4v) is 2.91. The van der Waals surface area contributed by atoms with Crippen LogP contribution in [0.1, 0.15) is 5.56 Å². The summed E-state index contributed by atoms with van der Waals surface area (Å²) in [6, 6.07) is 28.1. The van der Waals surface area contributed by atoms with Gasteiger partial charge >= 0.3 is 0 Å². The zero-order valence-electron chi connectivity index (χ0n) is 15.0. The highest BCUT2D eigenvalue weighted by Crippen LogP contribution is 2.32. The molecule has 3 aromatic carbocycles. The van der Waals surface area contributed by atoms with Crippen LogP contribution in [0.25, 0.3) is 16.9 Å². The summed E-state index contributed by atoms with van der Waals surface area (Å²) in [7, 11) is 1.66. The van der Waals surface area contributed by atoms with Gasteiger partial charge in [-0.2, -0.15) is 0 Å². The Labute approximate surface area is 158 Å². The van der Waals surface area contributed by atoms with Crippen LogP contribution in [-0.2, 0) is 0 Å². The van der Waals surface area contributed by atoms with Crippen LogP contribution in [-0.4, -0.2) is 22.9 Å². The SMILES string of the molecule is COc1ccc(-n2cnc(/N=C/c3ccccc3)c2-c2ccccc2)cc1. The zero-order chi connectivity index (χ0) is 18.5. The first-order chi connectivity index (χ1) is 13.3. The average Bonchev–Trinajstić information content (AvgIpc) is 3.17. The molecule has 0 unspecified atom stereocenters. The third-order valence-electron chi connectivity index (χ3n) is 4.28. The molecule has 27 heavy (non-hydrogen) atoms. The summed E-state index contributed by atoms with van der Waals surface area (Å²) >= 11 is 0. The second kappa shape index (κ2) is 7.70. The van der Waals surface area contributed by atoms with Crippen molar-refractivity contribution in [3.05, 3.63) is 96.8 Å². The van der Waals surface area contributed by atoms with E-state index >= 15 is 0 Å². The Morgan fingerprint density at radius 3 is 2.19 bits per heavy atom. The maximum Gasteiger partial charge on any atom is 0.178 e. The number of hydrogen-bond acceptors (Lipinski definition) is 3. The maximum absolute atomic E-state index is 5.26. The molecular weight excluding hydrogens is 334 g/mol. The summed E-state index contributed by atoms with van der Waals surface area (Å²) in [5, 5.41) is 0. The summed E-state index contributed by atoms with van der Waals surface area (Å²) < 4.78 is 7.31. The van der Waals surface area contributed by atoms with E-state index in [1.54, 1.807) is 7.11 Å². The van der Waals surface area contributed by atoms with Gasteiger partial charge < -0.3 is 4.74 Å². The van der Waals surface area contributed by atoms with Crippen molar-refractivity contribution in [1.29, 1.82) is 0 Å². The number of ether oxygens (including phenoxy) is 1. The molecule has 0 atom stereocenters. The Bertz CT molecular complexity index is 1040. The number of nitrogens with zero attached hydrogens (tertiary/aromatic N) is 3. The second-order valence-corrected chi connectivity index (χ2v) is 6.02. The highest BCUT2D eigenvalue weighted by molar-refractivity contribution is 5.84. The Morgan fingerprint density at radius 1 is 0.852 bits per heavy atom. The Morgan fingerprint density at radius 2 is 1.52 bits per heavy atom. The molecule has 0 radical (unpaired) electrons. The molecule has 0 N–H and O–H groups in total. The maximum atomic E-state index is 5.26. The van der Waals surface area contributed by atoms with Crippen molar-refractivity contribution in [2.75, 3.05) is 7.11 Å². The molecule has 0 saturated heterocycles. The first-order valence-corrected chi connectivity index (χ1v) is 8.71. The van der Waals surface area contributed by atoms with Crippen LogP contribution in [0.4, 0.5) is 5.82 Å². The standard InChI is InChI=1S/C23H19N3O/c1-27-21-14-12-20(13-15-21)26-17-25-23(22(26)19-10-6-3-7-11-19)24-16-18-8-4-2-5-9-18/h2-17H,1H3/b24-16+. The van der Waals surface area contributed by atoms with Crippen LogP contribution < -0.4 is 4.74 Å². The van der Waals surface area contributed by atoms with Crippen molar-refractivity contribution in [2.45, 2.75) is 0 Å². The van der Waals surface area contributed by atoms with Crippen LogP contribution in [0.15, 0.2) is 96.2 Å². The number of aliphatic imine (C=N–C) groups is 1. The minimum Gasteiger partial charge on any atom is -0.497 e. The van der Waals surface area contributed by atoms with E-state index in [1.165, 1.54) is 0 Å². The number of aromatic nitrogens is 2. The molecule has 1 aromatic heterocycles. The average molecular weight is 353 g/mol. The highest BCUT2D eigenvalue weighted by atomic mass is 16.5. The summed E-state index contributed by atoms with van der Waals surface area (Å²) in [4.78, 5) is 9.21. The predicted octanol–water partition coefficient (Wildman–Crippen LogP) is 5.30. The van der Waals surface area contributed by atoms with E-state index in [0.717, 1.165) is 28.3 Å². The molecule has 4 nitrogen and oxygen atoms in total. The molecule has 132 valence electrons. The van der Waals surface area contributed by atoms with Crippen LogP contribution in [0.5, 0.6) is 5.75 Å². The second-order valence-electron chi connectivity index (χ2n) is 6.02. The molecule has 0 aliphatic heterocycles. The lowest BCUT2D eigenvalue weighted by Crippen LogP contribution is -1.95. The van der Waals surface area contributed by atoms with Gasteiger partial charge in [0.1, 0.15) is 12.1 Å². The highest BCUT2D eigenvalue weighted by Gasteiger charge is 2.13. The lowest BCUT2D eigenvalue weighted by molar-refractivity contribution is 0.415. The van der Waals surface area contributed by atoms with Crippen LogP contribution in [0.2, 0.25) is 0 Å². The van der Waals surface area contributed by atoms with Gasteiger partial charge in [0.25, 0.3) is 0 Å². The van der Waals surface area contributed by atoms with E-state index in [1.807, 2.05) is 89.9 Å². The van der Waals surface area contributed by atoms with Gasteiger partial charge in [0.15, 0.2) is 5.82 Å². The third-order valence-corrected chi connectivity index (χ3v) is 4.28. The molecule has 0 saturated carbocycles. The number of benzene rings is 3. The zero-order valence-corrected chi connectivity index (χ0v) is 15.0. The van der Waals surface area contributed by atoms with E-state index in [9.17, 15) is 0 Å². The molecule has 1 heterocycles. The fourth-order valence-electron chi connectivity index (χ4n) is 2.91. The number of rotatable bonds is 5. The third kappa shape index (κ3) is 3.65. The van der Waals surface area contributed by atoms with Crippen LogP contribution >= 0.6 is 0 Å². The molecular formula is C23H19N3O. The normalized spacial score (nSPS) is 11.0. The van der Waals surface area contributed by atoms with Gasteiger partial charge in [-0.15, -0.1) is 0 Å². The predicted molar refractivity (Wildman–Crippen MR) is 109 cm³/mol. The van der Waals surface area contributed by atoms with Gasteiger partial charge in [0.2, 0.25) is 0 Å². The van der Waals surface area contributed by atoms with E-state index in [2.05, 4.69) is 22.1 Å². The lowest BCUT2D eigenvalue weighted by atomic mass is 10.1. The first-order valence-electron chi connectivity index (χ1n) is 8.71. The van der Waals surface area contributed by atoms with Crippen molar-refractivity contribution < 1.29 is 4.74 Å². The van der Waals surface area contributed by atoms with Crippen LogP contribution in [0.3, 0.4) is 0 Å². The van der Waals surface area contributed by atoms with E-state index in [4.69, 9.17) is 4.74 Å². The molecule has 4 aromatic rings. The summed E-state index contributed by atoms with van der Waals surface area (Å²) in [5.41, 5.74) is 4.05. The Balaban J connectivity index is 1.80. The first kappa shape index (κ1) is 16.8. The van der Waals surface area contributed by atoms with Crippen LogP contribution in [0, 0.1) is 0 Å². The molecule has 0 aliphatic rings. The molecule has 0 aliphatic carbocycles. The smallest absolute Gasteiger partial charge is 0.178 e. The Kier molecular flexibility index (Phi) is 4.79. The van der Waals surface area contributed by atoms with Gasteiger partial charge in [-0.25, -0.2) is 9.98 Å². The van der Waals surface area contributed by atoms with Gasteiger partial charge in [-0.3, -0.25) is 4.57 Å². The molecule has 0 amide bonds. The monoisotopic (exact) mass is 353 g/mol. The molecule has 0 bridgehead atoms. The quantitative estimate of drug-likeness (QED) is 0.457. The summed E-state index contributed by atoms with van der Waals surface area (Å²) in [5.74, 6) is 1.50. The van der Waals surface area contributed by atoms with E-state index < -0.39 is 0 Å². The fraction of sp³-hybridized carbons (Fsp3) is 0.0435. The summed E-state index contributed by atoms with van der Waals surface area (Å²) in [6.45, 7) is 0. The van der Waals surface area contributed by atoms with Gasteiger partial charge in [-0.05, 0) is 29.8 Å². The number of hydrogen-bond donors (Lipinski definition) is 0. The van der Waals surface area contributed by atoms with Gasteiger partial charge in [-0.1, -0.05) is 60.7 Å². The molecule has 4 heteroatoms. The summed E-state index contributed by atoms with van der Waals surface area (Å²) in [6.07, 6.45) is 3.65. The largest absolute Gasteiger partial charge is 0.497 e. The molecule has 0 fully saturated rings. The van der Waals surface area contributed by atoms with Gasteiger partial charge in [0, 0.05) is 17.5 Å². The number of methoxy groups -OCH3 is 1. The minimum atomic E-state index is 0.681.